The van der Waals surface area contributed by atoms with E-state index in [9.17, 15) is 10.2 Å². The summed E-state index contributed by atoms with van der Waals surface area (Å²) in [5.41, 5.74) is 7.55. The van der Waals surface area contributed by atoms with Gasteiger partial charge >= 0.3 is 0 Å². The molecule has 1 aromatic carbocycles. The van der Waals surface area contributed by atoms with Crippen molar-refractivity contribution in [3.05, 3.63) is 29.3 Å². The highest BCUT2D eigenvalue weighted by Gasteiger charge is 2.21. The predicted molar refractivity (Wildman–Crippen MR) is 58.3 cm³/mol. The summed E-state index contributed by atoms with van der Waals surface area (Å²) in [6.45, 7) is 1.66. The van der Waals surface area contributed by atoms with Crippen LogP contribution in [0.15, 0.2) is 18.2 Å². The van der Waals surface area contributed by atoms with Gasteiger partial charge in [-0.25, -0.2) is 0 Å². The average Bonchev–Trinajstić information content (AvgIpc) is 2.17. The second-order valence-corrected chi connectivity index (χ2v) is 3.60. The molecule has 2 unspecified atom stereocenters. The Hall–Kier alpha value is -1.10. The van der Waals surface area contributed by atoms with Crippen molar-refractivity contribution >= 4 is 5.69 Å². The fraction of sp³-hybridized carbons (Fsp3) is 0.455. The molecule has 0 aliphatic heterocycles. The molecule has 0 spiro atoms. The monoisotopic (exact) mass is 211 g/mol. The molecule has 4 heteroatoms. The van der Waals surface area contributed by atoms with Gasteiger partial charge in [0.15, 0.2) is 0 Å². The van der Waals surface area contributed by atoms with Crippen LogP contribution < -0.4 is 5.73 Å². The molecule has 0 amide bonds. The lowest BCUT2D eigenvalue weighted by Gasteiger charge is -2.20. The predicted octanol–water partition coefficient (Wildman–Crippen LogP) is 0.354. The van der Waals surface area contributed by atoms with Crippen molar-refractivity contribution in [2.45, 2.75) is 25.6 Å². The summed E-state index contributed by atoms with van der Waals surface area (Å²) in [6.07, 6.45) is -1.90. The molecular formula is C11H17NO3. The van der Waals surface area contributed by atoms with Crippen molar-refractivity contribution in [2.75, 3.05) is 12.3 Å². The zero-order chi connectivity index (χ0) is 11.4. The minimum atomic E-state index is -1.04. The number of nitrogen functional groups attached to an aromatic ring is 1. The molecule has 0 saturated heterocycles. The first-order valence-electron chi connectivity index (χ1n) is 4.90. The number of hydrogen-bond donors (Lipinski definition) is 4. The highest BCUT2D eigenvalue weighted by molar-refractivity contribution is 5.52. The van der Waals surface area contributed by atoms with Crippen LogP contribution in [-0.2, 0) is 0 Å². The lowest BCUT2D eigenvalue weighted by atomic mass is 9.96. The summed E-state index contributed by atoms with van der Waals surface area (Å²) in [4.78, 5) is 0. The van der Waals surface area contributed by atoms with Crippen LogP contribution in [0, 0.1) is 6.92 Å². The van der Waals surface area contributed by atoms with Gasteiger partial charge in [0.25, 0.3) is 0 Å². The summed E-state index contributed by atoms with van der Waals surface area (Å²) in [5.74, 6) is 0. The molecule has 0 bridgehead atoms. The molecule has 0 aliphatic rings. The van der Waals surface area contributed by atoms with Gasteiger partial charge in [-0.05, 0) is 25.0 Å². The molecule has 84 valence electrons. The SMILES string of the molecule is Cc1cccc(N)c1C(O)C(O)CCO. The number of benzene rings is 1. The van der Waals surface area contributed by atoms with E-state index in [0.717, 1.165) is 5.56 Å². The van der Waals surface area contributed by atoms with Gasteiger partial charge in [-0.2, -0.15) is 0 Å². The van der Waals surface area contributed by atoms with Gasteiger partial charge in [0, 0.05) is 17.9 Å². The minimum absolute atomic E-state index is 0.134. The fourth-order valence-corrected chi connectivity index (χ4v) is 1.59. The molecule has 15 heavy (non-hydrogen) atoms. The smallest absolute Gasteiger partial charge is 0.107 e. The van der Waals surface area contributed by atoms with Crippen LogP contribution in [0.2, 0.25) is 0 Å². The zero-order valence-corrected chi connectivity index (χ0v) is 8.72. The number of hydrogen-bond acceptors (Lipinski definition) is 4. The molecule has 0 aromatic heterocycles. The number of rotatable bonds is 4. The molecule has 0 fully saturated rings. The van der Waals surface area contributed by atoms with E-state index in [1.807, 2.05) is 13.0 Å². The molecule has 0 saturated carbocycles. The molecule has 0 heterocycles. The van der Waals surface area contributed by atoms with Crippen LogP contribution >= 0.6 is 0 Å². The Kier molecular flexibility index (Phi) is 4.08. The van der Waals surface area contributed by atoms with Gasteiger partial charge in [0.05, 0.1) is 6.10 Å². The summed E-state index contributed by atoms with van der Waals surface area (Å²) < 4.78 is 0. The number of aliphatic hydroxyl groups excluding tert-OH is 3. The van der Waals surface area contributed by atoms with Gasteiger partial charge in [-0.15, -0.1) is 0 Å². The van der Waals surface area contributed by atoms with Crippen molar-refractivity contribution < 1.29 is 15.3 Å². The minimum Gasteiger partial charge on any atom is -0.398 e. The van der Waals surface area contributed by atoms with Crippen molar-refractivity contribution in [1.29, 1.82) is 0 Å². The van der Waals surface area contributed by atoms with Crippen LogP contribution in [0.5, 0.6) is 0 Å². The van der Waals surface area contributed by atoms with Gasteiger partial charge in [0.1, 0.15) is 6.10 Å². The fourth-order valence-electron chi connectivity index (χ4n) is 1.59. The summed E-state index contributed by atoms with van der Waals surface area (Å²) in [5, 5.41) is 28.1. The average molecular weight is 211 g/mol. The van der Waals surface area contributed by atoms with Gasteiger partial charge in [0.2, 0.25) is 0 Å². The van der Waals surface area contributed by atoms with Crippen LogP contribution in [0.1, 0.15) is 23.7 Å². The topological polar surface area (TPSA) is 86.7 Å². The van der Waals surface area contributed by atoms with E-state index in [-0.39, 0.29) is 13.0 Å². The Labute approximate surface area is 89.0 Å². The van der Waals surface area contributed by atoms with E-state index in [1.54, 1.807) is 12.1 Å². The maximum absolute atomic E-state index is 9.84. The summed E-state index contributed by atoms with van der Waals surface area (Å²) in [7, 11) is 0. The first kappa shape index (κ1) is 12.0. The lowest BCUT2D eigenvalue weighted by molar-refractivity contribution is 0.00428. The van der Waals surface area contributed by atoms with E-state index in [2.05, 4.69) is 0 Å². The Morgan fingerprint density at radius 3 is 2.53 bits per heavy atom. The van der Waals surface area contributed by atoms with Gasteiger partial charge in [-0.3, -0.25) is 0 Å². The van der Waals surface area contributed by atoms with Crippen LogP contribution in [0.4, 0.5) is 5.69 Å². The van der Waals surface area contributed by atoms with E-state index in [4.69, 9.17) is 10.8 Å². The maximum atomic E-state index is 9.84. The number of anilines is 1. The third kappa shape index (κ3) is 2.68. The van der Waals surface area contributed by atoms with Crippen LogP contribution in [0.3, 0.4) is 0 Å². The quantitative estimate of drug-likeness (QED) is 0.541. The van der Waals surface area contributed by atoms with E-state index >= 15 is 0 Å². The second-order valence-electron chi connectivity index (χ2n) is 3.60. The molecule has 5 N–H and O–H groups in total. The first-order valence-corrected chi connectivity index (χ1v) is 4.90. The lowest BCUT2D eigenvalue weighted by Crippen LogP contribution is -2.21. The highest BCUT2D eigenvalue weighted by atomic mass is 16.3. The Morgan fingerprint density at radius 1 is 1.33 bits per heavy atom. The van der Waals surface area contributed by atoms with Crippen molar-refractivity contribution in [2.24, 2.45) is 0 Å². The Morgan fingerprint density at radius 2 is 2.00 bits per heavy atom. The van der Waals surface area contributed by atoms with Crippen molar-refractivity contribution in [3.8, 4) is 0 Å². The van der Waals surface area contributed by atoms with E-state index in [0.29, 0.717) is 11.3 Å². The summed E-state index contributed by atoms with van der Waals surface area (Å²) >= 11 is 0. The standard InChI is InChI=1S/C11H17NO3/c1-7-3-2-4-8(12)10(7)11(15)9(14)5-6-13/h2-4,9,11,13-15H,5-6,12H2,1H3. The summed E-state index contributed by atoms with van der Waals surface area (Å²) in [6, 6.07) is 5.29. The molecule has 0 aliphatic carbocycles. The number of aliphatic hydroxyl groups is 3. The number of nitrogens with two attached hydrogens (primary N) is 1. The third-order valence-electron chi connectivity index (χ3n) is 2.44. The maximum Gasteiger partial charge on any atom is 0.107 e. The molecule has 4 nitrogen and oxygen atoms in total. The molecule has 2 atom stereocenters. The Bertz CT molecular complexity index is 307. The second kappa shape index (κ2) is 5.11. The zero-order valence-electron chi connectivity index (χ0n) is 8.72. The molecule has 1 rings (SSSR count). The van der Waals surface area contributed by atoms with E-state index < -0.39 is 12.2 Å². The largest absolute Gasteiger partial charge is 0.398 e. The van der Waals surface area contributed by atoms with Crippen molar-refractivity contribution in [1.82, 2.24) is 0 Å². The van der Waals surface area contributed by atoms with Crippen LogP contribution in [-0.4, -0.2) is 28.0 Å². The third-order valence-corrected chi connectivity index (χ3v) is 2.44. The van der Waals surface area contributed by atoms with E-state index in [1.165, 1.54) is 0 Å². The molecular weight excluding hydrogens is 194 g/mol. The van der Waals surface area contributed by atoms with Crippen molar-refractivity contribution in [3.63, 3.8) is 0 Å². The van der Waals surface area contributed by atoms with Gasteiger partial charge in [-0.1, -0.05) is 12.1 Å². The normalized spacial score (nSPS) is 14.9. The highest BCUT2D eigenvalue weighted by Crippen LogP contribution is 2.27. The van der Waals surface area contributed by atoms with Gasteiger partial charge < -0.3 is 21.1 Å². The molecule has 1 aromatic rings. The molecule has 0 radical (unpaired) electrons. The number of aryl methyl sites for hydroxylation is 1. The Balaban J connectivity index is 2.94. The van der Waals surface area contributed by atoms with Crippen LogP contribution in [0.25, 0.3) is 0 Å². The first-order chi connectivity index (χ1) is 7.07.